The van der Waals surface area contributed by atoms with Crippen LogP contribution in [0.5, 0.6) is 0 Å². The summed E-state index contributed by atoms with van der Waals surface area (Å²) in [6, 6.07) is 0. The maximum Gasteiger partial charge on any atom is 0.162 e. The summed E-state index contributed by atoms with van der Waals surface area (Å²) in [6.07, 6.45) is 7.38. The van der Waals surface area contributed by atoms with Gasteiger partial charge in [0, 0.05) is 11.8 Å². The van der Waals surface area contributed by atoms with E-state index in [1.807, 2.05) is 0 Å². The lowest BCUT2D eigenvalue weighted by Crippen LogP contribution is -2.54. The molecule has 0 radical (unpaired) electrons. The van der Waals surface area contributed by atoms with Crippen molar-refractivity contribution < 1.29 is 15.0 Å². The molecule has 4 rings (SSSR count). The highest BCUT2D eigenvalue weighted by atomic mass is 16.3. The minimum absolute atomic E-state index is 0.0829. The summed E-state index contributed by atoms with van der Waals surface area (Å²) in [5.74, 6) is 2.42. The molecule has 4 fully saturated rings. The Morgan fingerprint density at radius 3 is 2.45 bits per heavy atom. The zero-order valence-electron chi connectivity index (χ0n) is 13.9. The highest BCUT2D eigenvalue weighted by Crippen LogP contribution is 2.65. The molecule has 3 heteroatoms. The summed E-state index contributed by atoms with van der Waals surface area (Å²) in [7, 11) is 0. The molecule has 4 saturated carbocycles. The molecule has 0 aliphatic heterocycles. The van der Waals surface area contributed by atoms with E-state index in [4.69, 9.17) is 0 Å². The van der Waals surface area contributed by atoms with Crippen LogP contribution in [0.2, 0.25) is 0 Å². The van der Waals surface area contributed by atoms with Crippen LogP contribution in [0.15, 0.2) is 0 Å². The largest absolute Gasteiger partial charge is 0.393 e. The van der Waals surface area contributed by atoms with Gasteiger partial charge in [0.25, 0.3) is 0 Å². The monoisotopic (exact) mass is 306 g/mol. The Morgan fingerprint density at radius 2 is 1.68 bits per heavy atom. The molecule has 0 heterocycles. The van der Waals surface area contributed by atoms with Crippen LogP contribution in [0.3, 0.4) is 0 Å². The van der Waals surface area contributed by atoms with Gasteiger partial charge in [-0.2, -0.15) is 0 Å². The third-order valence-corrected chi connectivity index (χ3v) is 8.43. The Hall–Kier alpha value is -0.410. The van der Waals surface area contributed by atoms with Crippen molar-refractivity contribution in [3.05, 3.63) is 0 Å². The average Bonchev–Trinajstić information content (AvgIpc) is 2.72. The topological polar surface area (TPSA) is 57.5 Å². The fraction of sp³-hybridized carbons (Fsp3) is 0.947. The van der Waals surface area contributed by atoms with Crippen LogP contribution in [-0.4, -0.2) is 28.2 Å². The standard InChI is InChI=1S/C19H30O3/c1-18-7-5-12(20)9-11(18)3-4-13-14(18)6-8-19(2)15(13)10-16(21)17(19)22/h11-15,17,20,22H,3-10H2,1-2H3/t11-,12+,13-,14+,15+,17+,18-,19-/m0/s1. The van der Waals surface area contributed by atoms with Crippen LogP contribution in [-0.2, 0) is 4.79 Å². The molecule has 3 nitrogen and oxygen atoms in total. The molecule has 4 aliphatic carbocycles. The van der Waals surface area contributed by atoms with E-state index in [-0.39, 0.29) is 17.3 Å². The molecule has 0 saturated heterocycles. The number of fused-ring (bicyclic) bond motifs is 5. The van der Waals surface area contributed by atoms with E-state index >= 15 is 0 Å². The number of Topliss-reactive ketones (excluding diaryl/α,β-unsaturated/α-hetero) is 1. The van der Waals surface area contributed by atoms with Crippen LogP contribution in [0.4, 0.5) is 0 Å². The molecule has 0 bridgehead atoms. The van der Waals surface area contributed by atoms with E-state index in [1.54, 1.807) is 0 Å². The summed E-state index contributed by atoms with van der Waals surface area (Å²) >= 11 is 0. The van der Waals surface area contributed by atoms with Crippen molar-refractivity contribution in [2.75, 3.05) is 0 Å². The lowest BCUT2D eigenvalue weighted by molar-refractivity contribution is -0.138. The fourth-order valence-electron chi connectivity index (χ4n) is 7.00. The van der Waals surface area contributed by atoms with Crippen molar-refractivity contribution in [2.24, 2.45) is 34.5 Å². The van der Waals surface area contributed by atoms with Crippen molar-refractivity contribution in [1.82, 2.24) is 0 Å². The van der Waals surface area contributed by atoms with Crippen LogP contribution < -0.4 is 0 Å². The molecular formula is C19H30O3. The van der Waals surface area contributed by atoms with Gasteiger partial charge in [-0.1, -0.05) is 13.8 Å². The molecule has 0 unspecified atom stereocenters. The first-order valence-corrected chi connectivity index (χ1v) is 9.25. The average molecular weight is 306 g/mol. The van der Waals surface area contributed by atoms with Crippen LogP contribution >= 0.6 is 0 Å². The SMILES string of the molecule is C[C@]12CC[C@@H](O)C[C@@H]1CC[C@H]1[C@H]2CC[C@]2(C)[C@H](O)C(=O)C[C@H]12. The van der Waals surface area contributed by atoms with Gasteiger partial charge in [0.1, 0.15) is 6.10 Å². The number of hydrogen-bond acceptors (Lipinski definition) is 3. The second-order valence-corrected chi connectivity index (χ2v) is 9.20. The molecule has 0 spiro atoms. The number of carbonyl (C=O) groups excluding carboxylic acids is 1. The van der Waals surface area contributed by atoms with Crippen LogP contribution in [0.1, 0.15) is 65.2 Å². The molecule has 0 aromatic carbocycles. The Kier molecular flexibility index (Phi) is 3.30. The summed E-state index contributed by atoms with van der Waals surface area (Å²) < 4.78 is 0. The van der Waals surface area contributed by atoms with E-state index in [9.17, 15) is 15.0 Å². The van der Waals surface area contributed by atoms with Crippen molar-refractivity contribution in [3.8, 4) is 0 Å². The summed E-state index contributed by atoms with van der Waals surface area (Å²) in [6.45, 7) is 4.61. The van der Waals surface area contributed by atoms with Crippen molar-refractivity contribution >= 4 is 5.78 Å². The maximum atomic E-state index is 12.1. The van der Waals surface area contributed by atoms with Gasteiger partial charge in [0.15, 0.2) is 5.78 Å². The predicted molar refractivity (Wildman–Crippen MR) is 84.1 cm³/mol. The van der Waals surface area contributed by atoms with E-state index in [0.717, 1.165) is 32.1 Å². The zero-order chi connectivity index (χ0) is 15.7. The molecule has 8 atom stereocenters. The normalized spacial score (nSPS) is 57.9. The Balaban J connectivity index is 1.64. The van der Waals surface area contributed by atoms with Gasteiger partial charge < -0.3 is 10.2 Å². The molecule has 0 amide bonds. The highest BCUT2D eigenvalue weighted by molar-refractivity contribution is 5.86. The Labute approximate surface area is 133 Å². The lowest BCUT2D eigenvalue weighted by atomic mass is 9.45. The van der Waals surface area contributed by atoms with E-state index in [1.165, 1.54) is 12.8 Å². The number of hydrogen-bond donors (Lipinski definition) is 2. The maximum absolute atomic E-state index is 12.1. The van der Waals surface area contributed by atoms with Gasteiger partial charge in [-0.05, 0) is 74.0 Å². The van der Waals surface area contributed by atoms with Gasteiger partial charge in [-0.3, -0.25) is 4.79 Å². The molecule has 124 valence electrons. The molecule has 4 aliphatic rings. The summed E-state index contributed by atoms with van der Waals surface area (Å²) in [5, 5.41) is 20.4. The Bertz CT molecular complexity index is 489. The fourth-order valence-corrected chi connectivity index (χ4v) is 7.00. The van der Waals surface area contributed by atoms with Crippen molar-refractivity contribution in [1.29, 1.82) is 0 Å². The molecule has 0 aromatic heterocycles. The van der Waals surface area contributed by atoms with Crippen LogP contribution in [0.25, 0.3) is 0 Å². The highest BCUT2D eigenvalue weighted by Gasteiger charge is 2.62. The zero-order valence-corrected chi connectivity index (χ0v) is 13.9. The van der Waals surface area contributed by atoms with Crippen LogP contribution in [0, 0.1) is 34.5 Å². The minimum atomic E-state index is -0.725. The third-order valence-electron chi connectivity index (χ3n) is 8.43. The number of aliphatic hydroxyl groups excluding tert-OH is 2. The minimum Gasteiger partial charge on any atom is -0.393 e. The molecule has 0 aromatic rings. The Morgan fingerprint density at radius 1 is 0.955 bits per heavy atom. The second-order valence-electron chi connectivity index (χ2n) is 9.20. The van der Waals surface area contributed by atoms with E-state index < -0.39 is 6.10 Å². The number of aliphatic hydroxyl groups is 2. The van der Waals surface area contributed by atoms with Gasteiger partial charge in [0.05, 0.1) is 6.10 Å². The first-order chi connectivity index (χ1) is 10.4. The quantitative estimate of drug-likeness (QED) is 0.723. The van der Waals surface area contributed by atoms with Crippen molar-refractivity contribution in [3.63, 3.8) is 0 Å². The van der Waals surface area contributed by atoms with Gasteiger partial charge in [0.2, 0.25) is 0 Å². The smallest absolute Gasteiger partial charge is 0.162 e. The summed E-state index contributed by atoms with van der Waals surface area (Å²) in [4.78, 5) is 12.1. The van der Waals surface area contributed by atoms with Gasteiger partial charge in [-0.25, -0.2) is 0 Å². The summed E-state index contributed by atoms with van der Waals surface area (Å²) in [5.41, 5.74) is 0.176. The third kappa shape index (κ3) is 1.84. The van der Waals surface area contributed by atoms with E-state index in [0.29, 0.717) is 35.5 Å². The number of rotatable bonds is 0. The first-order valence-electron chi connectivity index (χ1n) is 9.25. The van der Waals surface area contributed by atoms with Crippen molar-refractivity contribution in [2.45, 2.75) is 77.4 Å². The van der Waals surface area contributed by atoms with Gasteiger partial charge in [-0.15, -0.1) is 0 Å². The van der Waals surface area contributed by atoms with Gasteiger partial charge >= 0.3 is 0 Å². The second kappa shape index (κ2) is 4.80. The molecule has 22 heavy (non-hydrogen) atoms. The number of ketones is 1. The van der Waals surface area contributed by atoms with E-state index in [2.05, 4.69) is 13.8 Å². The number of carbonyl (C=O) groups is 1. The molecule has 2 N–H and O–H groups in total. The first kappa shape index (κ1) is 15.1. The predicted octanol–water partition coefficient (Wildman–Crippen LogP) is 2.93. The molecular weight excluding hydrogens is 276 g/mol. The lowest BCUT2D eigenvalue weighted by Gasteiger charge is -2.60.